The Balaban J connectivity index is 2.38. The number of rotatable bonds is 5. The zero-order valence-electron chi connectivity index (χ0n) is 19.4. The molecule has 170 valence electrons. The zero-order chi connectivity index (χ0) is 23.6. The Morgan fingerprint density at radius 3 is 2.26 bits per heavy atom. The second kappa shape index (κ2) is 9.00. The van der Waals surface area contributed by atoms with E-state index < -0.39 is 41.8 Å². The van der Waals surface area contributed by atoms with Crippen molar-refractivity contribution in [3.8, 4) is 0 Å². The molecule has 0 aliphatic carbocycles. The molecule has 9 heteroatoms. The van der Waals surface area contributed by atoms with Crippen molar-refractivity contribution in [2.24, 2.45) is 0 Å². The largest absolute Gasteiger partial charge is 0.492 e. The number of amides is 1. The van der Waals surface area contributed by atoms with Crippen LogP contribution in [-0.4, -0.2) is 49.6 Å². The lowest BCUT2D eigenvalue weighted by molar-refractivity contribution is 0.00578. The molecule has 1 heterocycles. The van der Waals surface area contributed by atoms with Crippen LogP contribution in [0.2, 0.25) is 0 Å². The van der Waals surface area contributed by atoms with E-state index in [2.05, 4.69) is 5.32 Å². The van der Waals surface area contributed by atoms with Gasteiger partial charge < -0.3 is 24.1 Å². The van der Waals surface area contributed by atoms with E-state index in [1.807, 2.05) is 27.7 Å². The van der Waals surface area contributed by atoms with E-state index in [0.29, 0.717) is 5.47 Å². The average Bonchev–Trinajstić information content (AvgIpc) is 2.85. The number of alkyl carbamates (subject to hydrolysis) is 1. The fraction of sp³-hybridized carbons (Fsp3) is 0.545. The summed E-state index contributed by atoms with van der Waals surface area (Å²) in [4.78, 5) is 24.0. The summed E-state index contributed by atoms with van der Waals surface area (Å²) in [7, 11) is 0.419. The van der Waals surface area contributed by atoms with E-state index in [1.165, 1.54) is 31.4 Å². The first-order valence-corrected chi connectivity index (χ1v) is 10.1. The third-order valence-corrected chi connectivity index (χ3v) is 5.15. The van der Waals surface area contributed by atoms with Crippen LogP contribution >= 0.6 is 0 Å². The summed E-state index contributed by atoms with van der Waals surface area (Å²) in [6.45, 7) is 12.8. The van der Waals surface area contributed by atoms with Gasteiger partial charge in [-0.15, -0.1) is 0 Å². The Kier molecular flexibility index (Phi) is 7.23. The van der Waals surface area contributed by atoms with Gasteiger partial charge in [-0.2, -0.15) is 0 Å². The molecule has 0 atom stereocenters. The summed E-state index contributed by atoms with van der Waals surface area (Å²) >= 11 is 0. The van der Waals surface area contributed by atoms with Gasteiger partial charge >= 0.3 is 19.2 Å². The van der Waals surface area contributed by atoms with E-state index in [1.54, 1.807) is 20.8 Å². The van der Waals surface area contributed by atoms with Gasteiger partial charge in [0.1, 0.15) is 11.4 Å². The van der Waals surface area contributed by atoms with E-state index in [-0.39, 0.29) is 17.7 Å². The molecular weight excluding hydrogens is 404 g/mol. The Morgan fingerprint density at radius 2 is 1.74 bits per heavy atom. The number of carbonyl (C=O) groups is 2. The van der Waals surface area contributed by atoms with Gasteiger partial charge in [-0.1, -0.05) is 6.08 Å². The first kappa shape index (κ1) is 24.9. The molecule has 1 amide bonds. The number of carbonyl (C=O) groups excluding carboxylic acids is 2. The molecule has 1 aromatic rings. The van der Waals surface area contributed by atoms with Gasteiger partial charge in [0, 0.05) is 12.1 Å². The third kappa shape index (κ3) is 6.30. The smallest absolute Gasteiger partial charge is 0.465 e. The number of methoxy groups -OCH3 is 1. The summed E-state index contributed by atoms with van der Waals surface area (Å²) in [5.74, 6) is -1.13. The summed E-state index contributed by atoms with van der Waals surface area (Å²) in [5.41, 5.74) is -1.13. The molecule has 0 bridgehead atoms. The van der Waals surface area contributed by atoms with Crippen LogP contribution in [0.5, 0.6) is 0 Å². The van der Waals surface area contributed by atoms with Crippen LogP contribution in [0.1, 0.15) is 64.4 Å². The molecule has 2 rings (SSSR count). The molecule has 1 saturated heterocycles. The van der Waals surface area contributed by atoms with Crippen molar-refractivity contribution in [2.45, 2.75) is 65.3 Å². The minimum Gasteiger partial charge on any atom is -0.465 e. The standard InChI is InChI=1S/C22H31BFNO6/c1-20(2,3)29-19(27)25-13-16(23-30-21(4,5)22(6,7)31-23)12-15-11-14(18(26)28-8)9-10-17(15)24/h9-12H,13H2,1-8H3,(H,25,27). The molecule has 7 nitrogen and oxygen atoms in total. The Morgan fingerprint density at radius 1 is 1.16 bits per heavy atom. The molecule has 1 aliphatic heterocycles. The molecule has 0 spiro atoms. The minimum atomic E-state index is -0.832. The van der Waals surface area contributed by atoms with E-state index in [4.69, 9.17) is 18.8 Å². The Labute approximate surface area is 183 Å². The maximum Gasteiger partial charge on any atom is 0.492 e. The van der Waals surface area contributed by atoms with Gasteiger partial charge in [-0.25, -0.2) is 14.0 Å². The normalized spacial score (nSPS) is 18.0. The van der Waals surface area contributed by atoms with E-state index >= 15 is 0 Å². The summed E-state index contributed by atoms with van der Waals surface area (Å²) in [6, 6.07) is 3.90. The number of benzene rings is 1. The molecule has 1 aromatic carbocycles. The van der Waals surface area contributed by atoms with Crippen LogP contribution in [0.3, 0.4) is 0 Å². The van der Waals surface area contributed by atoms with Crippen molar-refractivity contribution in [1.82, 2.24) is 5.32 Å². The Bertz CT molecular complexity index is 859. The van der Waals surface area contributed by atoms with Gasteiger partial charge in [0.2, 0.25) is 0 Å². The molecular formula is C22H31BFNO6. The quantitative estimate of drug-likeness (QED) is 0.553. The van der Waals surface area contributed by atoms with Crippen molar-refractivity contribution in [3.05, 3.63) is 40.6 Å². The number of halogens is 1. The summed E-state index contributed by atoms with van der Waals surface area (Å²) < 4.78 is 36.7. The minimum absolute atomic E-state index is 0.00632. The molecule has 0 saturated carbocycles. The van der Waals surface area contributed by atoms with Crippen LogP contribution < -0.4 is 5.32 Å². The topological polar surface area (TPSA) is 83.1 Å². The van der Waals surface area contributed by atoms with Crippen molar-refractivity contribution < 1.29 is 32.8 Å². The molecule has 1 aliphatic rings. The third-order valence-electron chi connectivity index (χ3n) is 5.15. The lowest BCUT2D eigenvalue weighted by atomic mass is 9.77. The highest BCUT2D eigenvalue weighted by Crippen LogP contribution is 2.38. The fourth-order valence-corrected chi connectivity index (χ4v) is 2.78. The Hall–Kier alpha value is -2.39. The number of esters is 1. The first-order chi connectivity index (χ1) is 14.1. The molecule has 1 fully saturated rings. The highest BCUT2D eigenvalue weighted by Gasteiger charge is 2.52. The maximum atomic E-state index is 14.5. The lowest BCUT2D eigenvalue weighted by Gasteiger charge is -2.32. The van der Waals surface area contributed by atoms with Crippen LogP contribution in [0.15, 0.2) is 23.7 Å². The number of ether oxygens (including phenoxy) is 2. The molecule has 31 heavy (non-hydrogen) atoms. The second-order valence-electron chi connectivity index (χ2n) is 9.39. The van der Waals surface area contributed by atoms with Crippen LogP contribution in [0.25, 0.3) is 6.08 Å². The fourth-order valence-electron chi connectivity index (χ4n) is 2.78. The van der Waals surface area contributed by atoms with Crippen molar-refractivity contribution in [1.29, 1.82) is 0 Å². The van der Waals surface area contributed by atoms with Gasteiger partial charge in [0.05, 0.1) is 23.9 Å². The number of hydrogen-bond acceptors (Lipinski definition) is 6. The van der Waals surface area contributed by atoms with E-state index in [0.717, 1.165) is 0 Å². The summed E-state index contributed by atoms with van der Waals surface area (Å²) in [6.07, 6.45) is 0.875. The predicted octanol–water partition coefficient (Wildman–Crippen LogP) is 4.15. The van der Waals surface area contributed by atoms with Crippen molar-refractivity contribution in [2.75, 3.05) is 13.7 Å². The maximum absolute atomic E-state index is 14.5. The first-order valence-electron chi connectivity index (χ1n) is 10.1. The number of hydrogen-bond donors (Lipinski definition) is 1. The second-order valence-corrected chi connectivity index (χ2v) is 9.39. The summed E-state index contributed by atoms with van der Waals surface area (Å²) in [5, 5.41) is 2.66. The molecule has 1 N–H and O–H groups in total. The lowest BCUT2D eigenvalue weighted by Crippen LogP contribution is -2.41. The molecule has 0 unspecified atom stereocenters. The number of nitrogens with one attached hydrogen (secondary N) is 1. The average molecular weight is 435 g/mol. The molecule has 0 radical (unpaired) electrons. The molecule has 0 aromatic heterocycles. The highest BCUT2D eigenvalue weighted by molar-refractivity contribution is 6.56. The van der Waals surface area contributed by atoms with Gasteiger partial charge in [-0.3, -0.25) is 0 Å². The SMILES string of the molecule is COC(=O)c1ccc(F)c(C=C(CNC(=O)OC(C)(C)C)B2OC(C)(C)C(C)(C)O2)c1. The van der Waals surface area contributed by atoms with Crippen molar-refractivity contribution >= 4 is 25.3 Å². The van der Waals surface area contributed by atoms with Gasteiger partial charge in [-0.05, 0) is 72.1 Å². The van der Waals surface area contributed by atoms with Crippen molar-refractivity contribution in [3.63, 3.8) is 0 Å². The monoisotopic (exact) mass is 435 g/mol. The van der Waals surface area contributed by atoms with Crippen LogP contribution in [0, 0.1) is 5.82 Å². The van der Waals surface area contributed by atoms with Crippen LogP contribution in [0.4, 0.5) is 9.18 Å². The van der Waals surface area contributed by atoms with Crippen LogP contribution in [-0.2, 0) is 18.8 Å². The predicted molar refractivity (Wildman–Crippen MR) is 116 cm³/mol. The zero-order valence-corrected chi connectivity index (χ0v) is 19.4. The van der Waals surface area contributed by atoms with Gasteiger partial charge in [0.15, 0.2) is 0 Å². The van der Waals surface area contributed by atoms with E-state index in [9.17, 15) is 14.0 Å². The highest BCUT2D eigenvalue weighted by atomic mass is 19.1. The van der Waals surface area contributed by atoms with Gasteiger partial charge in [0.25, 0.3) is 0 Å².